The summed E-state index contributed by atoms with van der Waals surface area (Å²) in [6.07, 6.45) is 0.420. The quantitative estimate of drug-likeness (QED) is 0.556. The number of fused-ring (bicyclic) bond motifs is 1. The number of nitrogens with zero attached hydrogens (tertiary/aromatic N) is 1. The van der Waals surface area contributed by atoms with Crippen molar-refractivity contribution in [1.82, 2.24) is 0 Å². The predicted molar refractivity (Wildman–Crippen MR) is 103 cm³/mol. The number of rotatable bonds is 4. The number of hydrogen-bond acceptors (Lipinski definition) is 1. The molecule has 126 valence electrons. The minimum absolute atomic E-state index is 0.241. The second-order valence-corrected chi connectivity index (χ2v) is 6.20. The van der Waals surface area contributed by atoms with E-state index in [1.54, 1.807) is 0 Å². The van der Waals surface area contributed by atoms with Gasteiger partial charge in [0, 0.05) is 5.02 Å². The molecular weight excluding hydrogens is 334 g/mol. The van der Waals surface area contributed by atoms with Gasteiger partial charge in [-0.3, -0.25) is 4.79 Å². The van der Waals surface area contributed by atoms with E-state index in [9.17, 15) is 4.79 Å². The molecule has 0 aliphatic heterocycles. The van der Waals surface area contributed by atoms with Crippen molar-refractivity contribution < 1.29 is 4.79 Å². The number of benzene rings is 3. The van der Waals surface area contributed by atoms with Crippen LogP contribution in [0.25, 0.3) is 10.8 Å². The van der Waals surface area contributed by atoms with E-state index in [2.05, 4.69) is 4.99 Å². The maximum atomic E-state index is 12.7. The van der Waals surface area contributed by atoms with Crippen molar-refractivity contribution in [3.8, 4) is 0 Å². The van der Waals surface area contributed by atoms with E-state index in [0.29, 0.717) is 11.4 Å². The van der Waals surface area contributed by atoms with Crippen LogP contribution in [0.4, 0.5) is 0 Å². The van der Waals surface area contributed by atoms with Crippen LogP contribution in [0.2, 0.25) is 5.02 Å². The molecule has 1 atom stereocenters. The molecule has 0 unspecified atom stereocenters. The Bertz CT molecular complexity index is 943. The summed E-state index contributed by atoms with van der Waals surface area (Å²) < 4.78 is 0. The predicted octanol–water partition coefficient (Wildman–Crippen LogP) is 3.62. The van der Waals surface area contributed by atoms with Gasteiger partial charge in [-0.25, -0.2) is 0 Å². The average molecular weight is 352 g/mol. The molecule has 3 aromatic rings. The largest absolute Gasteiger partial charge is 0.370 e. The van der Waals surface area contributed by atoms with Crippen LogP contribution in [0, 0.1) is 0 Å². The molecule has 4 N–H and O–H groups in total. The van der Waals surface area contributed by atoms with E-state index in [1.807, 2.05) is 66.7 Å². The summed E-state index contributed by atoms with van der Waals surface area (Å²) in [7, 11) is 0. The molecule has 0 radical (unpaired) electrons. The van der Waals surface area contributed by atoms with Crippen molar-refractivity contribution in [1.29, 1.82) is 0 Å². The van der Waals surface area contributed by atoms with Gasteiger partial charge in [0.15, 0.2) is 5.96 Å². The fourth-order valence-corrected chi connectivity index (χ4v) is 3.19. The maximum absolute atomic E-state index is 12.7. The third-order valence-electron chi connectivity index (χ3n) is 4.12. The first-order valence-corrected chi connectivity index (χ1v) is 8.28. The summed E-state index contributed by atoms with van der Waals surface area (Å²) in [5.74, 6) is -1.14. The van der Waals surface area contributed by atoms with Gasteiger partial charge >= 0.3 is 0 Å². The topological polar surface area (TPSA) is 81.5 Å². The number of aliphatic imine (C=N–C) groups is 1. The lowest BCUT2D eigenvalue weighted by Crippen LogP contribution is -2.26. The van der Waals surface area contributed by atoms with Gasteiger partial charge in [0.25, 0.3) is 5.91 Å². The third kappa shape index (κ3) is 3.80. The molecule has 0 heterocycles. The van der Waals surface area contributed by atoms with Crippen molar-refractivity contribution in [3.63, 3.8) is 0 Å². The van der Waals surface area contributed by atoms with Crippen LogP contribution in [0.3, 0.4) is 0 Å². The number of guanidine groups is 1. The summed E-state index contributed by atoms with van der Waals surface area (Å²) in [6.45, 7) is 0. The van der Waals surface area contributed by atoms with Crippen LogP contribution in [0.1, 0.15) is 17.0 Å². The zero-order valence-corrected chi connectivity index (χ0v) is 14.3. The molecule has 0 aliphatic rings. The Morgan fingerprint density at radius 1 is 0.960 bits per heavy atom. The van der Waals surface area contributed by atoms with Gasteiger partial charge in [0.05, 0.1) is 5.92 Å². The SMILES string of the molecule is NC(N)=NC(=O)[C@H](Cc1ccccc1Cl)c1cccc2ccccc12. The Kier molecular flexibility index (Phi) is 5.00. The Hall–Kier alpha value is -2.85. The van der Waals surface area contributed by atoms with Gasteiger partial charge in [-0.15, -0.1) is 0 Å². The van der Waals surface area contributed by atoms with Gasteiger partial charge in [-0.05, 0) is 34.4 Å². The van der Waals surface area contributed by atoms with Gasteiger partial charge < -0.3 is 11.5 Å². The van der Waals surface area contributed by atoms with Crippen LogP contribution in [-0.2, 0) is 11.2 Å². The molecule has 3 aromatic carbocycles. The first-order chi connectivity index (χ1) is 12.1. The zero-order chi connectivity index (χ0) is 17.8. The van der Waals surface area contributed by atoms with Gasteiger partial charge in [-0.1, -0.05) is 72.3 Å². The third-order valence-corrected chi connectivity index (χ3v) is 4.49. The van der Waals surface area contributed by atoms with E-state index >= 15 is 0 Å². The second kappa shape index (κ2) is 7.36. The molecule has 0 aliphatic carbocycles. The van der Waals surface area contributed by atoms with E-state index < -0.39 is 5.92 Å². The molecule has 0 saturated carbocycles. The average Bonchev–Trinajstić information content (AvgIpc) is 2.60. The Balaban J connectivity index is 2.12. The van der Waals surface area contributed by atoms with Gasteiger partial charge in [0.2, 0.25) is 0 Å². The highest BCUT2D eigenvalue weighted by Gasteiger charge is 2.23. The molecule has 3 rings (SSSR count). The monoisotopic (exact) mass is 351 g/mol. The van der Waals surface area contributed by atoms with Crippen LogP contribution in [-0.4, -0.2) is 11.9 Å². The summed E-state index contributed by atoms with van der Waals surface area (Å²) in [6, 6.07) is 21.3. The molecule has 0 spiro atoms. The normalized spacial score (nSPS) is 11.9. The Labute approximate surface area is 151 Å². The highest BCUT2D eigenvalue weighted by molar-refractivity contribution is 6.31. The fourth-order valence-electron chi connectivity index (χ4n) is 2.97. The van der Waals surface area contributed by atoms with Crippen LogP contribution in [0.5, 0.6) is 0 Å². The van der Waals surface area contributed by atoms with Crippen molar-refractivity contribution in [2.75, 3.05) is 0 Å². The summed E-state index contributed by atoms with van der Waals surface area (Å²) in [5, 5.41) is 2.67. The van der Waals surface area contributed by atoms with Crippen LogP contribution < -0.4 is 11.5 Å². The van der Waals surface area contributed by atoms with Gasteiger partial charge in [-0.2, -0.15) is 4.99 Å². The number of nitrogens with two attached hydrogens (primary N) is 2. The maximum Gasteiger partial charge on any atom is 0.256 e. The van der Waals surface area contributed by atoms with Crippen molar-refractivity contribution in [2.24, 2.45) is 16.5 Å². The number of carbonyl (C=O) groups is 1. The molecule has 0 bridgehead atoms. The summed E-state index contributed by atoms with van der Waals surface area (Å²) in [4.78, 5) is 16.5. The summed E-state index contributed by atoms with van der Waals surface area (Å²) >= 11 is 6.29. The molecule has 0 aromatic heterocycles. The molecule has 4 nitrogen and oxygen atoms in total. The lowest BCUT2D eigenvalue weighted by atomic mass is 9.88. The molecule has 0 fully saturated rings. The first-order valence-electron chi connectivity index (χ1n) is 7.91. The molecule has 1 amide bonds. The zero-order valence-electron chi connectivity index (χ0n) is 13.5. The Morgan fingerprint density at radius 2 is 1.64 bits per heavy atom. The molecule has 25 heavy (non-hydrogen) atoms. The number of hydrogen-bond donors (Lipinski definition) is 2. The Morgan fingerprint density at radius 3 is 2.40 bits per heavy atom. The lowest BCUT2D eigenvalue weighted by molar-refractivity contribution is -0.119. The lowest BCUT2D eigenvalue weighted by Gasteiger charge is -2.17. The van der Waals surface area contributed by atoms with E-state index in [4.69, 9.17) is 23.1 Å². The van der Waals surface area contributed by atoms with Crippen LogP contribution >= 0.6 is 11.6 Å². The number of halogens is 1. The minimum atomic E-state index is -0.520. The standard InChI is InChI=1S/C20H18ClN3O/c21-18-11-4-2-7-14(18)12-17(19(25)24-20(22)23)16-10-5-8-13-6-1-3-9-15(13)16/h1-11,17H,12H2,(H4,22,23,24,25)/t17-/m1/s1. The van der Waals surface area contributed by atoms with E-state index in [0.717, 1.165) is 21.9 Å². The minimum Gasteiger partial charge on any atom is -0.370 e. The first kappa shape index (κ1) is 17.0. The van der Waals surface area contributed by atoms with E-state index in [-0.39, 0.29) is 11.9 Å². The highest BCUT2D eigenvalue weighted by atomic mass is 35.5. The smallest absolute Gasteiger partial charge is 0.256 e. The number of carbonyl (C=O) groups excluding carboxylic acids is 1. The van der Waals surface area contributed by atoms with E-state index in [1.165, 1.54) is 0 Å². The molecular formula is C20H18ClN3O. The van der Waals surface area contributed by atoms with Gasteiger partial charge in [0.1, 0.15) is 0 Å². The molecule has 5 heteroatoms. The second-order valence-electron chi connectivity index (χ2n) is 5.79. The molecule has 0 saturated heterocycles. The van der Waals surface area contributed by atoms with Crippen molar-refractivity contribution in [3.05, 3.63) is 82.9 Å². The van der Waals surface area contributed by atoms with Crippen molar-refractivity contribution in [2.45, 2.75) is 12.3 Å². The summed E-state index contributed by atoms with van der Waals surface area (Å²) in [5.41, 5.74) is 12.6. The number of amides is 1. The van der Waals surface area contributed by atoms with Crippen LogP contribution in [0.15, 0.2) is 71.7 Å². The van der Waals surface area contributed by atoms with Crippen molar-refractivity contribution >= 4 is 34.2 Å². The fraction of sp³-hybridized carbons (Fsp3) is 0.100. The highest BCUT2D eigenvalue weighted by Crippen LogP contribution is 2.31.